The van der Waals surface area contributed by atoms with Crippen LogP contribution < -0.4 is 0 Å². The van der Waals surface area contributed by atoms with Gasteiger partial charge in [-0.05, 0) is 32.9 Å². The van der Waals surface area contributed by atoms with E-state index in [1.807, 2.05) is 0 Å². The molecule has 5 nitrogen and oxygen atoms in total. The van der Waals surface area contributed by atoms with Crippen molar-refractivity contribution in [3.63, 3.8) is 0 Å². The fourth-order valence-electron chi connectivity index (χ4n) is 3.03. The third-order valence-electron chi connectivity index (χ3n) is 4.27. The Kier molecular flexibility index (Phi) is 5.19. The van der Waals surface area contributed by atoms with Crippen LogP contribution in [-0.4, -0.2) is 56.6 Å². The minimum Gasteiger partial charge on any atom is -0.469 e. The van der Waals surface area contributed by atoms with E-state index in [9.17, 15) is 4.79 Å². The number of carbonyl (C=O) groups excluding carboxylic acids is 1. The van der Waals surface area contributed by atoms with Crippen molar-refractivity contribution in [3.8, 4) is 0 Å². The number of methoxy groups -OCH3 is 1. The summed E-state index contributed by atoms with van der Waals surface area (Å²) in [6.45, 7) is 2.41. The van der Waals surface area contributed by atoms with Crippen LogP contribution in [0.2, 0.25) is 0 Å². The first-order valence-corrected chi connectivity index (χ1v) is 7.20. The van der Waals surface area contributed by atoms with E-state index in [-0.39, 0.29) is 11.8 Å². The number of hydrogen-bond donors (Lipinski definition) is 0. The van der Waals surface area contributed by atoms with Crippen LogP contribution in [0.1, 0.15) is 38.5 Å². The molecule has 19 heavy (non-hydrogen) atoms. The molecule has 2 aliphatic rings. The Morgan fingerprint density at radius 1 is 1.32 bits per heavy atom. The second-order valence-electron chi connectivity index (χ2n) is 5.50. The van der Waals surface area contributed by atoms with Crippen molar-refractivity contribution in [1.29, 1.82) is 0 Å². The third-order valence-corrected chi connectivity index (χ3v) is 4.27. The van der Waals surface area contributed by atoms with Gasteiger partial charge in [0.1, 0.15) is 0 Å². The van der Waals surface area contributed by atoms with Crippen molar-refractivity contribution >= 4 is 5.97 Å². The van der Waals surface area contributed by atoms with Gasteiger partial charge in [0.15, 0.2) is 5.79 Å². The van der Waals surface area contributed by atoms with Gasteiger partial charge >= 0.3 is 5.97 Å². The Hall–Kier alpha value is -0.650. The van der Waals surface area contributed by atoms with Crippen LogP contribution in [0.15, 0.2) is 0 Å². The quantitative estimate of drug-likeness (QED) is 0.710. The number of ether oxygens (including phenoxy) is 3. The molecule has 1 saturated heterocycles. The van der Waals surface area contributed by atoms with E-state index in [0.717, 1.165) is 51.9 Å². The highest BCUT2D eigenvalue weighted by molar-refractivity contribution is 5.69. The first kappa shape index (κ1) is 14.8. The fraction of sp³-hybridized carbons (Fsp3) is 0.929. The Bertz CT molecular complexity index is 292. The van der Waals surface area contributed by atoms with E-state index in [2.05, 4.69) is 16.7 Å². The van der Waals surface area contributed by atoms with Gasteiger partial charge < -0.3 is 19.1 Å². The molecule has 1 saturated carbocycles. The lowest BCUT2D eigenvalue weighted by Crippen LogP contribution is -2.43. The molecule has 1 aliphatic heterocycles. The lowest BCUT2D eigenvalue weighted by molar-refractivity contribution is -0.183. The van der Waals surface area contributed by atoms with Crippen LogP contribution in [0.3, 0.4) is 0 Å². The molecule has 2 rings (SSSR count). The van der Waals surface area contributed by atoms with Gasteiger partial charge in [0.2, 0.25) is 0 Å². The standard InChI is InChI=1S/C14H25NO4/c1-15(9-3-4-13(16)17-2)12-5-7-14(8-6-12)18-10-11-19-14/h12H,3-11H2,1-2H3. The van der Waals surface area contributed by atoms with Crippen molar-refractivity contribution < 1.29 is 19.0 Å². The maximum atomic E-state index is 11.1. The van der Waals surface area contributed by atoms with E-state index in [4.69, 9.17) is 9.47 Å². The lowest BCUT2D eigenvalue weighted by Gasteiger charge is -2.39. The molecule has 0 radical (unpaired) electrons. The summed E-state index contributed by atoms with van der Waals surface area (Å²) in [5, 5.41) is 0. The van der Waals surface area contributed by atoms with Crippen LogP contribution in [-0.2, 0) is 19.0 Å². The maximum Gasteiger partial charge on any atom is 0.305 e. The smallest absolute Gasteiger partial charge is 0.305 e. The number of esters is 1. The van der Waals surface area contributed by atoms with Crippen molar-refractivity contribution in [2.45, 2.75) is 50.4 Å². The molecule has 0 aromatic carbocycles. The molecule has 0 unspecified atom stereocenters. The second-order valence-corrected chi connectivity index (χ2v) is 5.50. The molecule has 0 amide bonds. The van der Waals surface area contributed by atoms with Gasteiger partial charge in [-0.25, -0.2) is 0 Å². The monoisotopic (exact) mass is 271 g/mol. The number of nitrogens with zero attached hydrogens (tertiary/aromatic N) is 1. The van der Waals surface area contributed by atoms with Gasteiger partial charge in [0.05, 0.1) is 20.3 Å². The highest BCUT2D eigenvalue weighted by atomic mass is 16.7. The van der Waals surface area contributed by atoms with Gasteiger partial charge in [0, 0.05) is 25.3 Å². The summed E-state index contributed by atoms with van der Waals surface area (Å²) < 4.78 is 16.1. The van der Waals surface area contributed by atoms with E-state index in [1.165, 1.54) is 7.11 Å². The molecule has 1 spiro atoms. The average molecular weight is 271 g/mol. The molecule has 0 bridgehead atoms. The Labute approximate surface area is 115 Å². The fourth-order valence-corrected chi connectivity index (χ4v) is 3.03. The summed E-state index contributed by atoms with van der Waals surface area (Å²) in [5.41, 5.74) is 0. The van der Waals surface area contributed by atoms with Crippen LogP contribution in [0.5, 0.6) is 0 Å². The van der Waals surface area contributed by atoms with Crippen molar-refractivity contribution in [2.24, 2.45) is 0 Å². The zero-order valence-electron chi connectivity index (χ0n) is 12.0. The summed E-state index contributed by atoms with van der Waals surface area (Å²) in [7, 11) is 3.57. The predicted molar refractivity (Wildman–Crippen MR) is 70.8 cm³/mol. The minimum atomic E-state index is -0.274. The second kappa shape index (κ2) is 6.68. The highest BCUT2D eigenvalue weighted by Gasteiger charge is 2.40. The number of hydrogen-bond acceptors (Lipinski definition) is 5. The average Bonchev–Trinajstić information content (AvgIpc) is 2.87. The van der Waals surface area contributed by atoms with Gasteiger partial charge in [-0.2, -0.15) is 0 Å². The SMILES string of the molecule is COC(=O)CCCN(C)C1CCC2(CC1)OCCO2. The summed E-state index contributed by atoms with van der Waals surface area (Å²) >= 11 is 0. The Morgan fingerprint density at radius 2 is 1.95 bits per heavy atom. The largest absolute Gasteiger partial charge is 0.469 e. The van der Waals surface area contributed by atoms with E-state index < -0.39 is 0 Å². The predicted octanol–water partition coefficient (Wildman–Crippen LogP) is 1.56. The molecule has 1 aliphatic carbocycles. The van der Waals surface area contributed by atoms with Crippen LogP contribution in [0.25, 0.3) is 0 Å². The minimum absolute atomic E-state index is 0.122. The molecular formula is C14H25NO4. The first-order valence-electron chi connectivity index (χ1n) is 7.20. The summed E-state index contributed by atoms with van der Waals surface area (Å²) in [4.78, 5) is 13.4. The molecule has 1 heterocycles. The van der Waals surface area contributed by atoms with Crippen molar-refractivity contribution in [3.05, 3.63) is 0 Å². The highest BCUT2D eigenvalue weighted by Crippen LogP contribution is 2.37. The molecule has 0 aromatic heterocycles. The summed E-state index contributed by atoms with van der Waals surface area (Å²) in [5.74, 6) is -0.396. The molecule has 0 aromatic rings. The molecular weight excluding hydrogens is 246 g/mol. The van der Waals surface area contributed by atoms with E-state index in [0.29, 0.717) is 12.5 Å². The number of carbonyl (C=O) groups is 1. The Balaban J connectivity index is 1.67. The molecule has 0 N–H and O–H groups in total. The molecule has 110 valence electrons. The number of rotatable bonds is 5. The zero-order chi connectivity index (χ0) is 13.7. The maximum absolute atomic E-state index is 11.1. The Morgan fingerprint density at radius 3 is 2.53 bits per heavy atom. The first-order chi connectivity index (χ1) is 9.15. The van der Waals surface area contributed by atoms with Gasteiger partial charge in [-0.15, -0.1) is 0 Å². The van der Waals surface area contributed by atoms with Crippen molar-refractivity contribution in [2.75, 3.05) is 33.9 Å². The topological polar surface area (TPSA) is 48.0 Å². The molecule has 5 heteroatoms. The lowest BCUT2D eigenvalue weighted by atomic mass is 9.89. The van der Waals surface area contributed by atoms with Crippen LogP contribution >= 0.6 is 0 Å². The van der Waals surface area contributed by atoms with E-state index >= 15 is 0 Å². The zero-order valence-corrected chi connectivity index (χ0v) is 12.0. The summed E-state index contributed by atoms with van der Waals surface area (Å²) in [6, 6.07) is 0.580. The molecule has 0 atom stereocenters. The van der Waals surface area contributed by atoms with Crippen LogP contribution in [0.4, 0.5) is 0 Å². The van der Waals surface area contributed by atoms with Crippen LogP contribution in [0, 0.1) is 0 Å². The van der Waals surface area contributed by atoms with Gasteiger partial charge in [-0.3, -0.25) is 4.79 Å². The van der Waals surface area contributed by atoms with Gasteiger partial charge in [0.25, 0.3) is 0 Å². The molecule has 2 fully saturated rings. The normalized spacial score (nSPS) is 23.1. The third kappa shape index (κ3) is 3.91. The summed E-state index contributed by atoms with van der Waals surface area (Å²) in [6.07, 6.45) is 5.54. The van der Waals surface area contributed by atoms with Gasteiger partial charge in [-0.1, -0.05) is 0 Å². The van der Waals surface area contributed by atoms with E-state index in [1.54, 1.807) is 0 Å². The van der Waals surface area contributed by atoms with Crippen molar-refractivity contribution in [1.82, 2.24) is 4.90 Å².